The van der Waals surface area contributed by atoms with E-state index in [9.17, 15) is 13.2 Å². The van der Waals surface area contributed by atoms with Gasteiger partial charge in [0.1, 0.15) is 5.75 Å². The molecule has 1 aliphatic carbocycles. The molecule has 0 bridgehead atoms. The van der Waals surface area contributed by atoms with Crippen LogP contribution in [0.15, 0.2) is 34.6 Å². The predicted octanol–water partition coefficient (Wildman–Crippen LogP) is 2.55. The number of carbonyl (C=O) groups excluding carboxylic acids is 1. The number of aryl methyl sites for hydroxylation is 1. The second kappa shape index (κ2) is 7.56. The largest absolute Gasteiger partial charge is 0.495 e. The number of sulfonamides is 1. The minimum absolute atomic E-state index is 0.00430. The zero-order valence-corrected chi connectivity index (χ0v) is 16.0. The summed E-state index contributed by atoms with van der Waals surface area (Å²) < 4.78 is 32.5. The monoisotopic (exact) mass is 393 g/mol. The quantitative estimate of drug-likeness (QED) is 0.705. The summed E-state index contributed by atoms with van der Waals surface area (Å²) in [6.07, 6.45) is 4.64. The summed E-state index contributed by atoms with van der Waals surface area (Å²) in [6.45, 7) is 1.88. The third-order valence-electron chi connectivity index (χ3n) is 3.68. The lowest BCUT2D eigenvalue weighted by Crippen LogP contribution is -2.25. The van der Waals surface area contributed by atoms with E-state index >= 15 is 0 Å². The van der Waals surface area contributed by atoms with Crippen LogP contribution in [0.25, 0.3) is 6.08 Å². The molecule has 1 aromatic heterocycles. The van der Waals surface area contributed by atoms with E-state index in [1.165, 1.54) is 42.7 Å². The standard InChI is InChI=1S/C17H19N3O4S2/c1-11-18-13(10-25-11)5-8-17(21)19-15-9-14(6-7-16(15)24-2)26(22,23)20-12-3-4-12/h5-10,12,20H,3-4H2,1-2H3,(H,19,21)/b8-5+. The molecule has 0 unspecified atom stereocenters. The number of aromatic nitrogens is 1. The topological polar surface area (TPSA) is 97.4 Å². The summed E-state index contributed by atoms with van der Waals surface area (Å²) in [5, 5.41) is 5.41. The third-order valence-corrected chi connectivity index (χ3v) is 5.99. The van der Waals surface area contributed by atoms with Crippen LogP contribution in [0.5, 0.6) is 5.75 Å². The van der Waals surface area contributed by atoms with Crippen LogP contribution in [0, 0.1) is 6.92 Å². The van der Waals surface area contributed by atoms with E-state index in [2.05, 4.69) is 15.0 Å². The Labute approximate surface area is 156 Å². The second-order valence-electron chi connectivity index (χ2n) is 5.87. The van der Waals surface area contributed by atoms with Gasteiger partial charge in [-0.3, -0.25) is 4.79 Å². The Morgan fingerprint density at radius 1 is 1.38 bits per heavy atom. The van der Waals surface area contributed by atoms with Gasteiger partial charge >= 0.3 is 0 Å². The van der Waals surface area contributed by atoms with Crippen LogP contribution < -0.4 is 14.8 Å². The Hall–Kier alpha value is -2.23. The number of thiazole rings is 1. The van der Waals surface area contributed by atoms with Crippen molar-refractivity contribution in [2.75, 3.05) is 12.4 Å². The van der Waals surface area contributed by atoms with Gasteiger partial charge in [0, 0.05) is 17.5 Å². The number of methoxy groups -OCH3 is 1. The molecule has 138 valence electrons. The molecule has 3 rings (SSSR count). The molecule has 2 N–H and O–H groups in total. The third kappa shape index (κ3) is 4.69. The molecular weight excluding hydrogens is 374 g/mol. The number of hydrogen-bond acceptors (Lipinski definition) is 6. The number of ether oxygens (including phenoxy) is 1. The summed E-state index contributed by atoms with van der Waals surface area (Å²) >= 11 is 1.49. The number of anilines is 1. The van der Waals surface area contributed by atoms with Crippen LogP contribution in [-0.4, -0.2) is 32.5 Å². The van der Waals surface area contributed by atoms with Crippen molar-refractivity contribution in [3.05, 3.63) is 40.4 Å². The average molecular weight is 393 g/mol. The predicted molar refractivity (Wildman–Crippen MR) is 101 cm³/mol. The highest BCUT2D eigenvalue weighted by molar-refractivity contribution is 7.89. The normalized spacial score (nSPS) is 14.5. The van der Waals surface area contributed by atoms with E-state index in [4.69, 9.17) is 4.74 Å². The van der Waals surface area contributed by atoms with Gasteiger partial charge in [0.25, 0.3) is 0 Å². The van der Waals surface area contributed by atoms with Crippen LogP contribution in [0.1, 0.15) is 23.5 Å². The van der Waals surface area contributed by atoms with E-state index in [1.54, 1.807) is 6.08 Å². The van der Waals surface area contributed by atoms with Crippen molar-refractivity contribution in [3.63, 3.8) is 0 Å². The van der Waals surface area contributed by atoms with Crippen molar-refractivity contribution in [2.24, 2.45) is 0 Å². The summed E-state index contributed by atoms with van der Waals surface area (Å²) in [7, 11) is -2.16. The molecule has 0 radical (unpaired) electrons. The highest BCUT2D eigenvalue weighted by Crippen LogP contribution is 2.29. The van der Waals surface area contributed by atoms with Crippen LogP contribution in [-0.2, 0) is 14.8 Å². The van der Waals surface area contributed by atoms with Gasteiger partial charge in [0.05, 0.1) is 28.4 Å². The SMILES string of the molecule is COc1ccc(S(=O)(=O)NC2CC2)cc1NC(=O)/C=C/c1csc(C)n1. The average Bonchev–Trinajstić information content (AvgIpc) is 3.30. The van der Waals surface area contributed by atoms with Gasteiger partial charge in [-0.25, -0.2) is 18.1 Å². The molecule has 9 heteroatoms. The van der Waals surface area contributed by atoms with Crippen molar-refractivity contribution >= 4 is 39.0 Å². The van der Waals surface area contributed by atoms with Gasteiger partial charge in [-0.2, -0.15) is 0 Å². The maximum Gasteiger partial charge on any atom is 0.248 e. The van der Waals surface area contributed by atoms with E-state index < -0.39 is 15.9 Å². The van der Waals surface area contributed by atoms with Crippen LogP contribution in [0.3, 0.4) is 0 Å². The minimum Gasteiger partial charge on any atom is -0.495 e. The number of amides is 1. The van der Waals surface area contributed by atoms with E-state index in [0.717, 1.165) is 17.8 Å². The van der Waals surface area contributed by atoms with Gasteiger partial charge < -0.3 is 10.1 Å². The lowest BCUT2D eigenvalue weighted by molar-refractivity contribution is -0.111. The van der Waals surface area contributed by atoms with E-state index in [1.807, 2.05) is 12.3 Å². The van der Waals surface area contributed by atoms with Gasteiger partial charge in [0.15, 0.2) is 0 Å². The van der Waals surface area contributed by atoms with Crippen LogP contribution >= 0.6 is 11.3 Å². The number of hydrogen-bond donors (Lipinski definition) is 2. The molecule has 0 aliphatic heterocycles. The Morgan fingerprint density at radius 2 is 2.15 bits per heavy atom. The summed E-state index contributed by atoms with van der Waals surface area (Å²) in [5.74, 6) is -0.0275. The highest BCUT2D eigenvalue weighted by Gasteiger charge is 2.28. The summed E-state index contributed by atoms with van der Waals surface area (Å²) in [6, 6.07) is 4.37. The number of nitrogens with one attached hydrogen (secondary N) is 2. The van der Waals surface area contributed by atoms with Gasteiger partial charge in [0.2, 0.25) is 15.9 Å². The molecule has 7 nitrogen and oxygen atoms in total. The smallest absolute Gasteiger partial charge is 0.248 e. The molecular formula is C17H19N3O4S2. The fourth-order valence-corrected chi connectivity index (χ4v) is 4.14. The molecule has 0 saturated heterocycles. The van der Waals surface area contributed by atoms with Gasteiger partial charge in [-0.15, -0.1) is 11.3 Å². The maximum atomic E-state index is 12.3. The van der Waals surface area contributed by atoms with Gasteiger partial charge in [-0.1, -0.05) is 0 Å². The molecule has 1 aromatic carbocycles. The van der Waals surface area contributed by atoms with Crippen molar-refractivity contribution < 1.29 is 17.9 Å². The fourth-order valence-electron chi connectivity index (χ4n) is 2.23. The highest BCUT2D eigenvalue weighted by atomic mass is 32.2. The van der Waals surface area contributed by atoms with E-state index in [-0.39, 0.29) is 16.6 Å². The maximum absolute atomic E-state index is 12.3. The van der Waals surface area contributed by atoms with Crippen LogP contribution in [0.2, 0.25) is 0 Å². The molecule has 1 saturated carbocycles. The summed E-state index contributed by atoms with van der Waals surface area (Å²) in [4.78, 5) is 16.5. The molecule has 26 heavy (non-hydrogen) atoms. The first-order valence-electron chi connectivity index (χ1n) is 7.99. The molecule has 0 spiro atoms. The Balaban J connectivity index is 1.77. The van der Waals surface area contributed by atoms with Crippen molar-refractivity contribution in [2.45, 2.75) is 30.7 Å². The summed E-state index contributed by atoms with van der Waals surface area (Å²) in [5.41, 5.74) is 0.981. The Bertz CT molecular complexity index is 947. The second-order valence-corrected chi connectivity index (χ2v) is 8.65. The molecule has 1 heterocycles. The molecule has 1 fully saturated rings. The molecule has 2 aromatic rings. The first kappa shape index (κ1) is 18.6. The minimum atomic E-state index is -3.62. The van der Waals surface area contributed by atoms with Crippen LogP contribution in [0.4, 0.5) is 5.69 Å². The zero-order valence-electron chi connectivity index (χ0n) is 14.4. The molecule has 0 atom stereocenters. The van der Waals surface area contributed by atoms with Crippen molar-refractivity contribution in [3.8, 4) is 5.75 Å². The first-order valence-corrected chi connectivity index (χ1v) is 10.4. The fraction of sp³-hybridized carbons (Fsp3) is 0.294. The van der Waals surface area contributed by atoms with Crippen molar-refractivity contribution in [1.82, 2.24) is 9.71 Å². The molecule has 1 amide bonds. The Morgan fingerprint density at radius 3 is 2.77 bits per heavy atom. The number of rotatable bonds is 7. The number of nitrogens with zero attached hydrogens (tertiary/aromatic N) is 1. The zero-order chi connectivity index (χ0) is 18.7. The van der Waals surface area contributed by atoms with Gasteiger partial charge in [-0.05, 0) is 44.0 Å². The van der Waals surface area contributed by atoms with Crippen molar-refractivity contribution in [1.29, 1.82) is 0 Å². The Kier molecular flexibility index (Phi) is 5.40. The lowest BCUT2D eigenvalue weighted by atomic mass is 10.3. The van der Waals surface area contributed by atoms with E-state index in [0.29, 0.717) is 11.4 Å². The number of carbonyl (C=O) groups is 1. The number of benzene rings is 1. The molecule has 1 aliphatic rings. The first-order chi connectivity index (χ1) is 12.4. The lowest BCUT2D eigenvalue weighted by Gasteiger charge is -2.12.